The van der Waals surface area contributed by atoms with Crippen molar-refractivity contribution in [2.45, 2.75) is 58.1 Å². The third-order valence-corrected chi connectivity index (χ3v) is 5.84. The number of amides is 3. The van der Waals surface area contributed by atoms with Gasteiger partial charge >= 0.3 is 6.03 Å². The van der Waals surface area contributed by atoms with Crippen molar-refractivity contribution in [2.24, 2.45) is 5.92 Å². The number of hydrogen-bond donors (Lipinski definition) is 2. The summed E-state index contributed by atoms with van der Waals surface area (Å²) in [6.45, 7) is 7.63. The molecule has 2 N–H and O–H groups in total. The van der Waals surface area contributed by atoms with E-state index in [2.05, 4.69) is 5.32 Å². The number of nitrogens with one attached hydrogen (secondary N) is 1. The lowest BCUT2D eigenvalue weighted by molar-refractivity contribution is -0.132. The number of rotatable bonds is 7. The summed E-state index contributed by atoms with van der Waals surface area (Å²) >= 11 is 6.20. The maximum Gasteiger partial charge on any atom is 0.325 e. The van der Waals surface area contributed by atoms with Gasteiger partial charge in [-0.1, -0.05) is 25.4 Å². The fourth-order valence-electron chi connectivity index (χ4n) is 3.51. The van der Waals surface area contributed by atoms with E-state index in [9.17, 15) is 14.7 Å². The molecule has 7 heteroatoms. The van der Waals surface area contributed by atoms with E-state index in [1.54, 1.807) is 6.92 Å². The fourth-order valence-corrected chi connectivity index (χ4v) is 3.69. The van der Waals surface area contributed by atoms with Crippen LogP contribution < -0.4 is 10.1 Å². The summed E-state index contributed by atoms with van der Waals surface area (Å²) < 4.78 is 5.81. The van der Waals surface area contributed by atoms with Gasteiger partial charge in [-0.15, -0.1) is 0 Å². The SMILES string of the molecule is Cc1cc(OC[C@@H](O)CN2C(=O)N[C@](C)(C3CC3)C2=O)c(C(C)C)cc1Cl. The number of aryl methyl sites for hydroxylation is 1. The zero-order chi connectivity index (χ0) is 19.9. The number of ether oxygens (including phenoxy) is 1. The average Bonchev–Trinajstić information content (AvgIpc) is 3.41. The summed E-state index contributed by atoms with van der Waals surface area (Å²) in [5.41, 5.74) is 1.00. The van der Waals surface area contributed by atoms with Gasteiger partial charge < -0.3 is 15.2 Å². The van der Waals surface area contributed by atoms with Gasteiger partial charge in [-0.3, -0.25) is 9.69 Å². The number of carbonyl (C=O) groups excluding carboxylic acids is 2. The number of aliphatic hydroxyl groups is 1. The molecule has 1 saturated heterocycles. The molecule has 2 atom stereocenters. The van der Waals surface area contributed by atoms with E-state index in [1.165, 1.54) is 0 Å². The van der Waals surface area contributed by atoms with Crippen LogP contribution in [0.5, 0.6) is 5.75 Å². The molecule has 0 unspecified atom stereocenters. The van der Waals surface area contributed by atoms with Crippen molar-refractivity contribution < 1.29 is 19.4 Å². The predicted molar refractivity (Wildman–Crippen MR) is 103 cm³/mol. The molecule has 148 valence electrons. The van der Waals surface area contributed by atoms with Crippen LogP contribution in [-0.4, -0.2) is 46.7 Å². The third kappa shape index (κ3) is 3.92. The summed E-state index contributed by atoms with van der Waals surface area (Å²) in [6, 6.07) is 3.28. The molecule has 0 spiro atoms. The molecule has 1 aromatic rings. The zero-order valence-corrected chi connectivity index (χ0v) is 17.0. The van der Waals surface area contributed by atoms with Crippen LogP contribution in [-0.2, 0) is 4.79 Å². The Morgan fingerprint density at radius 3 is 2.63 bits per heavy atom. The van der Waals surface area contributed by atoms with E-state index < -0.39 is 17.7 Å². The highest BCUT2D eigenvalue weighted by Crippen LogP contribution is 2.42. The third-order valence-electron chi connectivity index (χ3n) is 5.43. The van der Waals surface area contributed by atoms with E-state index in [0.717, 1.165) is 28.9 Å². The summed E-state index contributed by atoms with van der Waals surface area (Å²) in [7, 11) is 0. The second kappa shape index (κ2) is 7.32. The van der Waals surface area contributed by atoms with Crippen LogP contribution in [0.15, 0.2) is 12.1 Å². The maximum absolute atomic E-state index is 12.6. The molecule has 1 heterocycles. The van der Waals surface area contributed by atoms with Gasteiger partial charge in [-0.25, -0.2) is 4.79 Å². The average molecular weight is 395 g/mol. The molecule has 3 amide bonds. The van der Waals surface area contributed by atoms with Crippen molar-refractivity contribution in [3.8, 4) is 5.75 Å². The number of imide groups is 1. The number of β-amino-alcohol motifs (C(OH)–C–C–N with tert-alkyl or cyclic N) is 1. The number of hydrogen-bond acceptors (Lipinski definition) is 4. The fraction of sp³-hybridized carbons (Fsp3) is 0.600. The number of halogens is 1. The molecule has 27 heavy (non-hydrogen) atoms. The van der Waals surface area contributed by atoms with Gasteiger partial charge in [0.25, 0.3) is 5.91 Å². The molecule has 2 aliphatic rings. The van der Waals surface area contributed by atoms with E-state index >= 15 is 0 Å². The molecular formula is C20H27ClN2O4. The first-order valence-corrected chi connectivity index (χ1v) is 9.76. The van der Waals surface area contributed by atoms with Gasteiger partial charge in [-0.2, -0.15) is 0 Å². The molecule has 0 radical (unpaired) electrons. The van der Waals surface area contributed by atoms with Crippen LogP contribution in [0, 0.1) is 12.8 Å². The lowest BCUT2D eigenvalue weighted by Crippen LogP contribution is -2.46. The van der Waals surface area contributed by atoms with E-state index in [4.69, 9.17) is 16.3 Å². The lowest BCUT2D eigenvalue weighted by Gasteiger charge is -2.23. The van der Waals surface area contributed by atoms with Crippen molar-refractivity contribution in [1.29, 1.82) is 0 Å². The molecular weight excluding hydrogens is 368 g/mol. The van der Waals surface area contributed by atoms with Crippen LogP contribution in [0.2, 0.25) is 5.02 Å². The highest BCUT2D eigenvalue weighted by molar-refractivity contribution is 6.31. The van der Waals surface area contributed by atoms with Crippen LogP contribution >= 0.6 is 11.6 Å². The van der Waals surface area contributed by atoms with E-state index in [1.807, 2.05) is 32.9 Å². The molecule has 1 aliphatic heterocycles. The topological polar surface area (TPSA) is 78.9 Å². The molecule has 1 aliphatic carbocycles. The molecule has 2 fully saturated rings. The quantitative estimate of drug-likeness (QED) is 0.696. The van der Waals surface area contributed by atoms with Crippen LogP contribution in [0.3, 0.4) is 0 Å². The van der Waals surface area contributed by atoms with Crippen LogP contribution in [0.25, 0.3) is 0 Å². The summed E-state index contributed by atoms with van der Waals surface area (Å²) in [4.78, 5) is 25.9. The van der Waals surface area contributed by atoms with E-state index in [-0.39, 0.29) is 30.9 Å². The maximum atomic E-state index is 12.6. The van der Waals surface area contributed by atoms with Crippen molar-refractivity contribution in [1.82, 2.24) is 10.2 Å². The first kappa shape index (κ1) is 20.0. The molecule has 3 rings (SSSR count). The largest absolute Gasteiger partial charge is 0.491 e. The molecule has 1 aromatic carbocycles. The lowest BCUT2D eigenvalue weighted by atomic mass is 9.96. The Morgan fingerprint density at radius 1 is 1.37 bits per heavy atom. The van der Waals surface area contributed by atoms with Gasteiger partial charge in [0.1, 0.15) is 24.0 Å². The minimum absolute atomic E-state index is 0.0159. The standard InChI is InChI=1S/C20H27ClN2O4/c1-11(2)15-8-16(21)12(3)7-17(15)27-10-14(24)9-23-18(25)20(4,13-5-6-13)22-19(23)26/h7-8,11,13-14,24H,5-6,9-10H2,1-4H3,(H,22,26)/t14-,20+/m0/s1. The Bertz CT molecular complexity index is 763. The Balaban J connectivity index is 1.64. The highest BCUT2D eigenvalue weighted by atomic mass is 35.5. The van der Waals surface area contributed by atoms with Crippen LogP contribution in [0.4, 0.5) is 4.79 Å². The Labute approximate surface area is 164 Å². The van der Waals surface area contributed by atoms with Gasteiger partial charge in [0.05, 0.1) is 6.54 Å². The minimum atomic E-state index is -0.975. The zero-order valence-electron chi connectivity index (χ0n) is 16.2. The smallest absolute Gasteiger partial charge is 0.325 e. The van der Waals surface area contributed by atoms with Gasteiger partial charge in [-0.05, 0) is 61.8 Å². The van der Waals surface area contributed by atoms with Gasteiger partial charge in [0.15, 0.2) is 0 Å². The number of benzene rings is 1. The van der Waals surface area contributed by atoms with Crippen molar-refractivity contribution in [3.05, 3.63) is 28.3 Å². The summed E-state index contributed by atoms with van der Waals surface area (Å²) in [5, 5.41) is 13.8. The monoisotopic (exact) mass is 394 g/mol. The molecule has 1 saturated carbocycles. The van der Waals surface area contributed by atoms with Crippen molar-refractivity contribution in [3.63, 3.8) is 0 Å². The highest BCUT2D eigenvalue weighted by Gasteiger charge is 2.56. The Morgan fingerprint density at radius 2 is 2.04 bits per heavy atom. The molecule has 6 nitrogen and oxygen atoms in total. The Kier molecular flexibility index (Phi) is 5.41. The number of carbonyl (C=O) groups is 2. The number of aliphatic hydroxyl groups excluding tert-OH is 1. The number of urea groups is 1. The molecule has 0 bridgehead atoms. The number of nitrogens with zero attached hydrogens (tertiary/aromatic N) is 1. The van der Waals surface area contributed by atoms with Crippen molar-refractivity contribution >= 4 is 23.5 Å². The van der Waals surface area contributed by atoms with Crippen LogP contribution in [0.1, 0.15) is 50.7 Å². The second-order valence-electron chi connectivity index (χ2n) is 8.08. The van der Waals surface area contributed by atoms with E-state index in [0.29, 0.717) is 10.8 Å². The van der Waals surface area contributed by atoms with Gasteiger partial charge in [0, 0.05) is 5.02 Å². The first-order chi connectivity index (χ1) is 12.6. The van der Waals surface area contributed by atoms with Gasteiger partial charge in [0.2, 0.25) is 0 Å². The predicted octanol–water partition coefficient (Wildman–Crippen LogP) is 3.23. The second-order valence-corrected chi connectivity index (χ2v) is 8.49. The normalized spacial score (nSPS) is 23.7. The minimum Gasteiger partial charge on any atom is -0.491 e. The first-order valence-electron chi connectivity index (χ1n) is 9.38. The summed E-state index contributed by atoms with van der Waals surface area (Å²) in [5.74, 6) is 0.795. The van der Waals surface area contributed by atoms with Crippen molar-refractivity contribution in [2.75, 3.05) is 13.2 Å². The summed E-state index contributed by atoms with van der Waals surface area (Å²) in [6.07, 6.45) is 0.906. The molecule has 0 aromatic heterocycles. The Hall–Kier alpha value is -1.79.